The van der Waals surface area contributed by atoms with Crippen LogP contribution in [0.25, 0.3) is 0 Å². The Kier molecular flexibility index (Phi) is 4.36. The van der Waals surface area contributed by atoms with Crippen molar-refractivity contribution in [3.05, 3.63) is 48.0 Å². The number of imidazole rings is 1. The lowest BCUT2D eigenvalue weighted by Crippen LogP contribution is -2.21. The van der Waals surface area contributed by atoms with Gasteiger partial charge in [-0.15, -0.1) is 0 Å². The van der Waals surface area contributed by atoms with Gasteiger partial charge in [-0.1, -0.05) is 18.2 Å². The van der Waals surface area contributed by atoms with E-state index in [1.165, 1.54) is 5.56 Å². The maximum absolute atomic E-state index is 5.36. The molecule has 96 valence electrons. The standard InChI is InChI=1S/C14H19N3O/c1-11(13-5-3-4-6-14(13)18-2)16-8-7-12-9-15-10-17-12/h3-6,9-11,16H,7-8H2,1-2H3,(H,15,17). The number of benzene rings is 1. The highest BCUT2D eigenvalue weighted by molar-refractivity contribution is 5.35. The molecular weight excluding hydrogens is 226 g/mol. The molecule has 0 saturated heterocycles. The van der Waals surface area contributed by atoms with Crippen LogP contribution in [0.2, 0.25) is 0 Å². The van der Waals surface area contributed by atoms with Gasteiger partial charge in [-0.2, -0.15) is 0 Å². The number of nitrogens with one attached hydrogen (secondary N) is 2. The molecule has 4 nitrogen and oxygen atoms in total. The second kappa shape index (κ2) is 6.21. The second-order valence-corrected chi connectivity index (χ2v) is 4.24. The topological polar surface area (TPSA) is 49.9 Å². The highest BCUT2D eigenvalue weighted by Gasteiger charge is 2.09. The Labute approximate surface area is 107 Å². The molecule has 0 aliphatic rings. The summed E-state index contributed by atoms with van der Waals surface area (Å²) in [5.41, 5.74) is 2.33. The van der Waals surface area contributed by atoms with Crippen LogP contribution in [-0.4, -0.2) is 23.6 Å². The fourth-order valence-corrected chi connectivity index (χ4v) is 1.98. The van der Waals surface area contributed by atoms with Crippen LogP contribution in [0.15, 0.2) is 36.8 Å². The molecule has 0 aliphatic carbocycles. The van der Waals surface area contributed by atoms with E-state index < -0.39 is 0 Å². The number of aromatic nitrogens is 2. The molecule has 1 heterocycles. The van der Waals surface area contributed by atoms with E-state index in [0.717, 1.165) is 24.4 Å². The number of H-pyrrole nitrogens is 1. The van der Waals surface area contributed by atoms with Crippen LogP contribution in [0.5, 0.6) is 5.75 Å². The van der Waals surface area contributed by atoms with E-state index in [4.69, 9.17) is 4.74 Å². The molecule has 0 fully saturated rings. The van der Waals surface area contributed by atoms with Crippen LogP contribution in [0, 0.1) is 0 Å². The third-order valence-electron chi connectivity index (χ3n) is 3.01. The summed E-state index contributed by atoms with van der Waals surface area (Å²) in [5.74, 6) is 0.930. The fourth-order valence-electron chi connectivity index (χ4n) is 1.98. The van der Waals surface area contributed by atoms with Crippen molar-refractivity contribution >= 4 is 0 Å². The summed E-state index contributed by atoms with van der Waals surface area (Å²) in [6, 6.07) is 8.36. The van der Waals surface area contributed by atoms with E-state index in [1.807, 2.05) is 24.4 Å². The molecule has 0 bridgehead atoms. The third-order valence-corrected chi connectivity index (χ3v) is 3.01. The van der Waals surface area contributed by atoms with Gasteiger partial charge in [-0.3, -0.25) is 0 Å². The first-order chi connectivity index (χ1) is 8.81. The zero-order valence-corrected chi connectivity index (χ0v) is 10.8. The first-order valence-electron chi connectivity index (χ1n) is 6.15. The van der Waals surface area contributed by atoms with Crippen molar-refractivity contribution in [2.24, 2.45) is 0 Å². The molecule has 2 N–H and O–H groups in total. The predicted molar refractivity (Wildman–Crippen MR) is 71.7 cm³/mol. The largest absolute Gasteiger partial charge is 0.496 e. The molecule has 4 heteroatoms. The summed E-state index contributed by atoms with van der Waals surface area (Å²) in [6.07, 6.45) is 4.51. The minimum Gasteiger partial charge on any atom is -0.496 e. The number of aromatic amines is 1. The van der Waals surface area contributed by atoms with E-state index in [1.54, 1.807) is 13.4 Å². The van der Waals surface area contributed by atoms with Crippen molar-refractivity contribution in [1.29, 1.82) is 0 Å². The monoisotopic (exact) mass is 245 g/mol. The fraction of sp³-hybridized carbons (Fsp3) is 0.357. The normalized spacial score (nSPS) is 12.3. The van der Waals surface area contributed by atoms with Gasteiger partial charge in [-0.05, 0) is 13.0 Å². The Morgan fingerprint density at radius 3 is 2.94 bits per heavy atom. The summed E-state index contributed by atoms with van der Waals surface area (Å²) in [4.78, 5) is 7.10. The predicted octanol–water partition coefficient (Wildman–Crippen LogP) is 2.31. The van der Waals surface area contributed by atoms with E-state index >= 15 is 0 Å². The molecule has 2 aromatic rings. The Hall–Kier alpha value is -1.81. The number of methoxy groups -OCH3 is 1. The van der Waals surface area contributed by atoms with Crippen LogP contribution in [-0.2, 0) is 6.42 Å². The molecule has 0 radical (unpaired) electrons. The smallest absolute Gasteiger partial charge is 0.123 e. The van der Waals surface area contributed by atoms with Crippen molar-refractivity contribution < 1.29 is 4.74 Å². The van der Waals surface area contributed by atoms with Gasteiger partial charge in [0.2, 0.25) is 0 Å². The molecule has 0 saturated carbocycles. The van der Waals surface area contributed by atoms with Crippen LogP contribution in [0.4, 0.5) is 0 Å². The lowest BCUT2D eigenvalue weighted by molar-refractivity contribution is 0.402. The quantitative estimate of drug-likeness (QED) is 0.821. The molecular formula is C14H19N3O. The van der Waals surface area contributed by atoms with Gasteiger partial charge in [0.1, 0.15) is 5.75 Å². The van der Waals surface area contributed by atoms with Gasteiger partial charge in [0.25, 0.3) is 0 Å². The number of ether oxygens (including phenoxy) is 1. The van der Waals surface area contributed by atoms with Crippen molar-refractivity contribution in [2.45, 2.75) is 19.4 Å². The SMILES string of the molecule is COc1ccccc1C(C)NCCc1cnc[nH]1. The molecule has 18 heavy (non-hydrogen) atoms. The average molecular weight is 245 g/mol. The first-order valence-corrected chi connectivity index (χ1v) is 6.15. The van der Waals surface area contributed by atoms with Crippen molar-refractivity contribution in [2.75, 3.05) is 13.7 Å². The van der Waals surface area contributed by atoms with Crippen LogP contribution < -0.4 is 10.1 Å². The van der Waals surface area contributed by atoms with E-state index in [9.17, 15) is 0 Å². The highest BCUT2D eigenvalue weighted by atomic mass is 16.5. The summed E-state index contributed by atoms with van der Waals surface area (Å²) in [7, 11) is 1.70. The third kappa shape index (κ3) is 3.11. The zero-order chi connectivity index (χ0) is 12.8. The summed E-state index contributed by atoms with van der Waals surface area (Å²) >= 11 is 0. The number of para-hydroxylation sites is 1. The van der Waals surface area contributed by atoms with Crippen LogP contribution >= 0.6 is 0 Å². The lowest BCUT2D eigenvalue weighted by Gasteiger charge is -2.16. The minimum atomic E-state index is 0.268. The van der Waals surface area contributed by atoms with Crippen molar-refractivity contribution in [1.82, 2.24) is 15.3 Å². The Bertz CT molecular complexity index is 468. The summed E-state index contributed by atoms with van der Waals surface area (Å²) < 4.78 is 5.36. The van der Waals surface area contributed by atoms with Crippen LogP contribution in [0.3, 0.4) is 0 Å². The van der Waals surface area contributed by atoms with Gasteiger partial charge in [0.15, 0.2) is 0 Å². The Morgan fingerprint density at radius 2 is 2.22 bits per heavy atom. The molecule has 1 atom stereocenters. The zero-order valence-electron chi connectivity index (χ0n) is 10.8. The molecule has 2 rings (SSSR count). The van der Waals surface area contributed by atoms with Gasteiger partial charge in [-0.25, -0.2) is 4.98 Å². The summed E-state index contributed by atoms with van der Waals surface area (Å²) in [5, 5.41) is 3.48. The summed E-state index contributed by atoms with van der Waals surface area (Å²) in [6.45, 7) is 3.05. The molecule has 1 aromatic carbocycles. The van der Waals surface area contributed by atoms with Crippen molar-refractivity contribution in [3.8, 4) is 5.75 Å². The number of hydrogen-bond donors (Lipinski definition) is 2. The number of nitrogens with zero attached hydrogens (tertiary/aromatic N) is 1. The molecule has 0 aliphatic heterocycles. The molecule has 1 aromatic heterocycles. The minimum absolute atomic E-state index is 0.268. The second-order valence-electron chi connectivity index (χ2n) is 4.24. The Morgan fingerprint density at radius 1 is 1.39 bits per heavy atom. The molecule has 0 spiro atoms. The lowest BCUT2D eigenvalue weighted by atomic mass is 10.1. The average Bonchev–Trinajstić information content (AvgIpc) is 2.91. The van der Waals surface area contributed by atoms with Gasteiger partial charge in [0, 0.05) is 36.5 Å². The number of rotatable bonds is 6. The Balaban J connectivity index is 1.89. The molecule has 0 amide bonds. The van der Waals surface area contributed by atoms with E-state index in [-0.39, 0.29) is 6.04 Å². The number of hydrogen-bond acceptors (Lipinski definition) is 3. The van der Waals surface area contributed by atoms with Gasteiger partial charge < -0.3 is 15.0 Å². The van der Waals surface area contributed by atoms with Crippen molar-refractivity contribution in [3.63, 3.8) is 0 Å². The van der Waals surface area contributed by atoms with Crippen LogP contribution in [0.1, 0.15) is 24.2 Å². The van der Waals surface area contributed by atoms with E-state index in [0.29, 0.717) is 0 Å². The van der Waals surface area contributed by atoms with E-state index in [2.05, 4.69) is 28.3 Å². The maximum atomic E-state index is 5.36. The molecule has 1 unspecified atom stereocenters. The maximum Gasteiger partial charge on any atom is 0.123 e. The van der Waals surface area contributed by atoms with Gasteiger partial charge >= 0.3 is 0 Å². The van der Waals surface area contributed by atoms with Gasteiger partial charge in [0.05, 0.1) is 13.4 Å². The first kappa shape index (κ1) is 12.6. The highest BCUT2D eigenvalue weighted by Crippen LogP contribution is 2.23.